The number of H-pyrrole nitrogens is 1. The van der Waals surface area contributed by atoms with Crippen molar-refractivity contribution in [3.05, 3.63) is 66.1 Å². The third-order valence-electron chi connectivity index (χ3n) is 3.17. The van der Waals surface area contributed by atoms with Gasteiger partial charge in [0.25, 0.3) is 0 Å². The second kappa shape index (κ2) is 5.57. The van der Waals surface area contributed by atoms with E-state index >= 15 is 0 Å². The first-order valence-electron chi connectivity index (χ1n) is 6.56. The van der Waals surface area contributed by atoms with Crippen LogP contribution in [0.15, 0.2) is 55.0 Å². The van der Waals surface area contributed by atoms with Gasteiger partial charge in [-0.05, 0) is 36.8 Å². The molecule has 0 aliphatic rings. The van der Waals surface area contributed by atoms with Crippen LogP contribution in [0.25, 0.3) is 11.3 Å². The van der Waals surface area contributed by atoms with Crippen LogP contribution >= 0.6 is 0 Å². The molecule has 4 heteroatoms. The maximum Gasteiger partial charge on any atom is 0.0715 e. The Morgan fingerprint density at radius 1 is 1.15 bits per heavy atom. The Balaban J connectivity index is 1.78. The van der Waals surface area contributed by atoms with Crippen LogP contribution in [-0.4, -0.2) is 15.2 Å². The smallest absolute Gasteiger partial charge is 0.0715 e. The predicted octanol–water partition coefficient (Wildman–Crippen LogP) is 3.39. The quantitative estimate of drug-likeness (QED) is 0.759. The van der Waals surface area contributed by atoms with Crippen molar-refractivity contribution in [1.82, 2.24) is 15.2 Å². The van der Waals surface area contributed by atoms with Gasteiger partial charge in [-0.1, -0.05) is 12.1 Å². The van der Waals surface area contributed by atoms with Gasteiger partial charge in [-0.15, -0.1) is 0 Å². The summed E-state index contributed by atoms with van der Waals surface area (Å²) in [4.78, 5) is 4.14. The lowest BCUT2D eigenvalue weighted by Crippen LogP contribution is -2.00. The van der Waals surface area contributed by atoms with E-state index in [0.29, 0.717) is 0 Å². The van der Waals surface area contributed by atoms with Gasteiger partial charge in [-0.25, -0.2) is 0 Å². The van der Waals surface area contributed by atoms with Gasteiger partial charge in [0.15, 0.2) is 0 Å². The number of nitrogens with zero attached hydrogens (tertiary/aromatic N) is 2. The minimum Gasteiger partial charge on any atom is -0.381 e. The molecule has 2 heterocycles. The lowest BCUT2D eigenvalue weighted by Gasteiger charge is -2.07. The van der Waals surface area contributed by atoms with Gasteiger partial charge in [-0.3, -0.25) is 10.1 Å². The Bertz CT molecular complexity index is 688. The first-order valence-corrected chi connectivity index (χ1v) is 6.56. The number of aryl methyl sites for hydroxylation is 1. The van der Waals surface area contributed by atoms with E-state index in [-0.39, 0.29) is 0 Å². The number of benzene rings is 1. The van der Waals surface area contributed by atoms with Crippen molar-refractivity contribution in [1.29, 1.82) is 0 Å². The molecule has 0 fully saturated rings. The molecular weight excluding hydrogens is 248 g/mol. The van der Waals surface area contributed by atoms with Crippen molar-refractivity contribution in [2.24, 2.45) is 0 Å². The van der Waals surface area contributed by atoms with Crippen LogP contribution in [0.3, 0.4) is 0 Å². The van der Waals surface area contributed by atoms with Crippen LogP contribution in [0.2, 0.25) is 0 Å². The topological polar surface area (TPSA) is 53.6 Å². The van der Waals surface area contributed by atoms with Crippen LogP contribution in [0.5, 0.6) is 0 Å². The molecule has 1 aromatic carbocycles. The molecule has 0 aliphatic carbocycles. The summed E-state index contributed by atoms with van der Waals surface area (Å²) in [7, 11) is 0. The van der Waals surface area contributed by atoms with Gasteiger partial charge in [0.2, 0.25) is 0 Å². The van der Waals surface area contributed by atoms with Crippen molar-refractivity contribution in [2.45, 2.75) is 13.5 Å². The zero-order valence-corrected chi connectivity index (χ0v) is 11.3. The normalized spacial score (nSPS) is 10.4. The van der Waals surface area contributed by atoms with E-state index in [0.717, 1.165) is 29.1 Å². The van der Waals surface area contributed by atoms with Crippen molar-refractivity contribution in [3.63, 3.8) is 0 Å². The molecule has 2 aromatic heterocycles. The number of aromatic amines is 1. The minimum absolute atomic E-state index is 0.726. The third-order valence-corrected chi connectivity index (χ3v) is 3.17. The Hall–Kier alpha value is -2.62. The molecule has 0 saturated carbocycles. The summed E-state index contributed by atoms with van der Waals surface area (Å²) in [6.07, 6.45) is 5.46. The summed E-state index contributed by atoms with van der Waals surface area (Å²) >= 11 is 0. The number of pyridine rings is 1. The summed E-state index contributed by atoms with van der Waals surface area (Å²) in [6.45, 7) is 2.81. The Labute approximate surface area is 117 Å². The second-order valence-electron chi connectivity index (χ2n) is 4.73. The highest BCUT2D eigenvalue weighted by atomic mass is 15.1. The van der Waals surface area contributed by atoms with E-state index in [1.54, 1.807) is 6.20 Å². The van der Waals surface area contributed by atoms with E-state index < -0.39 is 0 Å². The monoisotopic (exact) mass is 264 g/mol. The molecule has 0 amide bonds. The van der Waals surface area contributed by atoms with Gasteiger partial charge in [-0.2, -0.15) is 5.10 Å². The largest absolute Gasteiger partial charge is 0.381 e. The van der Waals surface area contributed by atoms with Gasteiger partial charge >= 0.3 is 0 Å². The first kappa shape index (κ1) is 12.4. The molecule has 0 bridgehead atoms. The number of hydrogen-bond acceptors (Lipinski definition) is 3. The maximum atomic E-state index is 4.14. The van der Waals surface area contributed by atoms with Crippen molar-refractivity contribution >= 4 is 5.69 Å². The Morgan fingerprint density at radius 3 is 2.90 bits per heavy atom. The van der Waals surface area contributed by atoms with Gasteiger partial charge in [0, 0.05) is 35.8 Å². The Kier molecular flexibility index (Phi) is 3.46. The average Bonchev–Trinajstić information content (AvgIpc) is 2.95. The van der Waals surface area contributed by atoms with Crippen LogP contribution in [-0.2, 0) is 6.54 Å². The molecular formula is C16H16N4. The van der Waals surface area contributed by atoms with Crippen molar-refractivity contribution in [2.75, 3.05) is 5.32 Å². The van der Waals surface area contributed by atoms with E-state index in [2.05, 4.69) is 51.7 Å². The van der Waals surface area contributed by atoms with Crippen LogP contribution < -0.4 is 5.32 Å². The van der Waals surface area contributed by atoms with Crippen LogP contribution in [0.1, 0.15) is 11.1 Å². The SMILES string of the molecule is Cc1cccc(NCc2cn[nH]c2-c2cccnc2)c1. The summed E-state index contributed by atoms with van der Waals surface area (Å²) in [5.74, 6) is 0. The van der Waals surface area contributed by atoms with E-state index in [9.17, 15) is 0 Å². The highest BCUT2D eigenvalue weighted by Gasteiger charge is 2.07. The lowest BCUT2D eigenvalue weighted by molar-refractivity contribution is 1.09. The molecule has 0 aliphatic heterocycles. The second-order valence-corrected chi connectivity index (χ2v) is 4.73. The molecule has 0 unspecified atom stereocenters. The molecule has 2 N–H and O–H groups in total. The molecule has 4 nitrogen and oxygen atoms in total. The zero-order chi connectivity index (χ0) is 13.8. The molecule has 3 aromatic rings. The first-order chi connectivity index (χ1) is 9.83. The van der Waals surface area contributed by atoms with Crippen LogP contribution in [0, 0.1) is 6.92 Å². The summed E-state index contributed by atoms with van der Waals surface area (Å²) in [5.41, 5.74) is 5.54. The molecule has 0 atom stereocenters. The van der Waals surface area contributed by atoms with Gasteiger partial charge in [0.1, 0.15) is 0 Å². The Morgan fingerprint density at radius 2 is 2.10 bits per heavy atom. The number of anilines is 1. The van der Waals surface area contributed by atoms with Crippen molar-refractivity contribution < 1.29 is 0 Å². The fraction of sp³-hybridized carbons (Fsp3) is 0.125. The van der Waals surface area contributed by atoms with Crippen LogP contribution in [0.4, 0.5) is 5.69 Å². The standard InChI is InChI=1S/C16H16N4/c1-12-4-2-6-15(8-12)18-10-14-11-19-20-16(14)13-5-3-7-17-9-13/h2-9,11,18H,10H2,1H3,(H,19,20). The fourth-order valence-electron chi connectivity index (χ4n) is 2.16. The molecule has 100 valence electrons. The predicted molar refractivity (Wildman–Crippen MR) is 80.3 cm³/mol. The van der Waals surface area contributed by atoms with E-state index in [4.69, 9.17) is 0 Å². The van der Waals surface area contributed by atoms with Crippen molar-refractivity contribution in [3.8, 4) is 11.3 Å². The summed E-state index contributed by atoms with van der Waals surface area (Å²) in [5, 5.41) is 10.6. The fourth-order valence-corrected chi connectivity index (χ4v) is 2.16. The number of rotatable bonds is 4. The molecule has 0 spiro atoms. The van der Waals surface area contributed by atoms with Gasteiger partial charge < -0.3 is 5.32 Å². The number of nitrogens with one attached hydrogen (secondary N) is 2. The molecule has 20 heavy (non-hydrogen) atoms. The molecule has 0 radical (unpaired) electrons. The summed E-state index contributed by atoms with van der Waals surface area (Å²) in [6, 6.07) is 12.3. The number of hydrogen-bond donors (Lipinski definition) is 2. The lowest BCUT2D eigenvalue weighted by atomic mass is 10.1. The minimum atomic E-state index is 0.726. The number of aromatic nitrogens is 3. The maximum absolute atomic E-state index is 4.14. The highest BCUT2D eigenvalue weighted by molar-refractivity contribution is 5.62. The summed E-state index contributed by atoms with van der Waals surface area (Å²) < 4.78 is 0. The third kappa shape index (κ3) is 2.69. The molecule has 0 saturated heterocycles. The molecule has 3 rings (SSSR count). The van der Waals surface area contributed by atoms with E-state index in [1.807, 2.05) is 24.5 Å². The highest BCUT2D eigenvalue weighted by Crippen LogP contribution is 2.21. The van der Waals surface area contributed by atoms with E-state index in [1.165, 1.54) is 5.56 Å². The average molecular weight is 264 g/mol. The van der Waals surface area contributed by atoms with Gasteiger partial charge in [0.05, 0.1) is 11.9 Å². The zero-order valence-electron chi connectivity index (χ0n) is 11.3.